The van der Waals surface area contributed by atoms with E-state index in [4.69, 9.17) is 5.11 Å². The van der Waals surface area contributed by atoms with Crippen molar-refractivity contribution >= 4 is 17.8 Å². The lowest BCUT2D eigenvalue weighted by Crippen LogP contribution is -2.41. The van der Waals surface area contributed by atoms with Gasteiger partial charge in [0.05, 0.1) is 22.9 Å². The lowest BCUT2D eigenvalue weighted by molar-refractivity contribution is 0.0929. The summed E-state index contributed by atoms with van der Waals surface area (Å²) in [6, 6.07) is 19.0. The Labute approximate surface area is 214 Å². The highest BCUT2D eigenvalue weighted by Gasteiger charge is 2.23. The molecule has 0 unspecified atom stereocenters. The zero-order valence-corrected chi connectivity index (χ0v) is 20.3. The van der Waals surface area contributed by atoms with Gasteiger partial charge in [0.2, 0.25) is 0 Å². The lowest BCUT2D eigenvalue weighted by Gasteiger charge is -2.30. The van der Waals surface area contributed by atoms with E-state index in [1.165, 1.54) is 17.0 Å². The van der Waals surface area contributed by atoms with E-state index in [9.17, 15) is 19.2 Å². The molecule has 190 valence electrons. The van der Waals surface area contributed by atoms with Crippen LogP contribution in [0.25, 0.3) is 11.3 Å². The molecule has 8 nitrogen and oxygen atoms in total. The third kappa shape index (κ3) is 6.61. The molecule has 0 bridgehead atoms. The molecular weight excluding hydrogens is 473 g/mol. The number of nitriles is 1. The van der Waals surface area contributed by atoms with E-state index in [2.05, 4.69) is 21.7 Å². The summed E-state index contributed by atoms with van der Waals surface area (Å²) in [6.45, 7) is 1.77. The van der Waals surface area contributed by atoms with Crippen LogP contribution < -0.4 is 10.6 Å². The number of halogens is 1. The SMILES string of the molecule is N#Cc1ccccc1-c1ccc(C(=O)NCC2CCN(C(=O)O)CC2)c(NCCc2cccc(F)c2)n1. The van der Waals surface area contributed by atoms with Crippen LogP contribution in [-0.4, -0.2) is 53.2 Å². The highest BCUT2D eigenvalue weighted by molar-refractivity contribution is 5.99. The van der Waals surface area contributed by atoms with Crippen LogP contribution in [0.1, 0.15) is 34.3 Å². The van der Waals surface area contributed by atoms with Gasteiger partial charge >= 0.3 is 6.09 Å². The van der Waals surface area contributed by atoms with Crippen molar-refractivity contribution in [1.29, 1.82) is 5.26 Å². The summed E-state index contributed by atoms with van der Waals surface area (Å²) in [4.78, 5) is 30.3. The van der Waals surface area contributed by atoms with E-state index in [1.54, 1.807) is 36.4 Å². The molecule has 1 saturated heterocycles. The number of anilines is 1. The second-order valence-electron chi connectivity index (χ2n) is 8.98. The van der Waals surface area contributed by atoms with Crippen LogP contribution in [0.2, 0.25) is 0 Å². The fourth-order valence-electron chi connectivity index (χ4n) is 4.41. The molecule has 3 aromatic rings. The van der Waals surface area contributed by atoms with Crippen LogP contribution in [0.15, 0.2) is 60.7 Å². The summed E-state index contributed by atoms with van der Waals surface area (Å²) in [5, 5.41) is 24.8. The first-order valence-corrected chi connectivity index (χ1v) is 12.2. The number of pyridine rings is 1. The monoisotopic (exact) mass is 501 g/mol. The average molecular weight is 502 g/mol. The van der Waals surface area contributed by atoms with Crippen LogP contribution >= 0.6 is 0 Å². The van der Waals surface area contributed by atoms with Crippen molar-refractivity contribution in [1.82, 2.24) is 15.2 Å². The minimum absolute atomic E-state index is 0.193. The largest absolute Gasteiger partial charge is 0.465 e. The molecule has 0 atom stereocenters. The number of nitrogens with zero attached hydrogens (tertiary/aromatic N) is 3. The Balaban J connectivity index is 1.50. The quantitative estimate of drug-likeness (QED) is 0.417. The number of carbonyl (C=O) groups excluding carboxylic acids is 1. The van der Waals surface area contributed by atoms with E-state index in [0.29, 0.717) is 73.6 Å². The van der Waals surface area contributed by atoms with Crippen LogP contribution in [0.3, 0.4) is 0 Å². The summed E-state index contributed by atoms with van der Waals surface area (Å²) < 4.78 is 13.6. The maximum Gasteiger partial charge on any atom is 0.407 e. The van der Waals surface area contributed by atoms with Crippen LogP contribution in [0, 0.1) is 23.1 Å². The Morgan fingerprint density at radius 1 is 1.11 bits per heavy atom. The molecule has 1 aromatic heterocycles. The van der Waals surface area contributed by atoms with E-state index in [0.717, 1.165) is 5.56 Å². The number of hydrogen-bond donors (Lipinski definition) is 3. The molecule has 0 saturated carbocycles. The molecule has 1 aliphatic heterocycles. The van der Waals surface area contributed by atoms with E-state index in [1.807, 2.05) is 12.1 Å². The van der Waals surface area contributed by atoms with Gasteiger partial charge in [-0.1, -0.05) is 30.3 Å². The van der Waals surface area contributed by atoms with E-state index < -0.39 is 6.09 Å². The smallest absolute Gasteiger partial charge is 0.407 e. The number of nitrogens with one attached hydrogen (secondary N) is 2. The number of aromatic nitrogens is 1. The molecule has 3 N–H and O–H groups in total. The molecule has 2 aromatic carbocycles. The zero-order valence-electron chi connectivity index (χ0n) is 20.3. The molecule has 1 aliphatic rings. The number of carbonyl (C=O) groups is 2. The molecule has 1 fully saturated rings. The van der Waals surface area contributed by atoms with E-state index in [-0.39, 0.29) is 17.6 Å². The number of likely N-dealkylation sites (tertiary alicyclic amines) is 1. The highest BCUT2D eigenvalue weighted by atomic mass is 19.1. The van der Waals surface area contributed by atoms with Crippen LogP contribution in [0.4, 0.5) is 15.0 Å². The van der Waals surface area contributed by atoms with Crippen LogP contribution in [-0.2, 0) is 6.42 Å². The minimum Gasteiger partial charge on any atom is -0.465 e. The molecule has 0 aliphatic carbocycles. The third-order valence-electron chi connectivity index (χ3n) is 6.49. The maximum absolute atomic E-state index is 13.6. The van der Waals surface area contributed by atoms with Crippen molar-refractivity contribution in [2.24, 2.45) is 5.92 Å². The van der Waals surface area contributed by atoms with Crippen molar-refractivity contribution in [2.45, 2.75) is 19.3 Å². The van der Waals surface area contributed by atoms with Gasteiger partial charge in [0, 0.05) is 31.7 Å². The molecule has 9 heteroatoms. The van der Waals surface area contributed by atoms with Crippen molar-refractivity contribution in [3.63, 3.8) is 0 Å². The molecule has 2 amide bonds. The van der Waals surface area contributed by atoms with Gasteiger partial charge in [0.15, 0.2) is 0 Å². The molecule has 0 spiro atoms. The van der Waals surface area contributed by atoms with E-state index >= 15 is 0 Å². The first-order chi connectivity index (χ1) is 17.9. The average Bonchev–Trinajstić information content (AvgIpc) is 2.92. The Morgan fingerprint density at radius 2 is 1.89 bits per heavy atom. The van der Waals surface area contributed by atoms with Crippen molar-refractivity contribution in [3.05, 3.63) is 83.2 Å². The number of rotatable bonds is 8. The van der Waals surface area contributed by atoms with Gasteiger partial charge in [-0.15, -0.1) is 0 Å². The summed E-state index contributed by atoms with van der Waals surface area (Å²) in [5.41, 5.74) is 2.88. The van der Waals surface area contributed by atoms with Gasteiger partial charge in [-0.05, 0) is 61.1 Å². The van der Waals surface area contributed by atoms with Crippen molar-refractivity contribution in [3.8, 4) is 17.3 Å². The first-order valence-electron chi connectivity index (χ1n) is 12.2. The second kappa shape index (κ2) is 12.0. The van der Waals surface area contributed by atoms with Gasteiger partial charge in [0.25, 0.3) is 5.91 Å². The molecule has 37 heavy (non-hydrogen) atoms. The fraction of sp³-hybridized carbons (Fsp3) is 0.286. The van der Waals surface area contributed by atoms with Crippen molar-refractivity contribution in [2.75, 3.05) is 31.5 Å². The van der Waals surface area contributed by atoms with Gasteiger partial charge in [-0.25, -0.2) is 14.2 Å². The Morgan fingerprint density at radius 3 is 2.62 bits per heavy atom. The zero-order chi connectivity index (χ0) is 26.2. The van der Waals surface area contributed by atoms with Crippen LogP contribution in [0.5, 0.6) is 0 Å². The molecular formula is C28H28FN5O3. The first kappa shape index (κ1) is 25.6. The normalized spacial score (nSPS) is 13.6. The number of amides is 2. The summed E-state index contributed by atoms with van der Waals surface area (Å²) in [5.74, 6) is -0.0277. The van der Waals surface area contributed by atoms with Crippen molar-refractivity contribution < 1.29 is 19.1 Å². The maximum atomic E-state index is 13.6. The Bertz CT molecular complexity index is 1320. The minimum atomic E-state index is -0.916. The summed E-state index contributed by atoms with van der Waals surface area (Å²) in [7, 11) is 0. The van der Waals surface area contributed by atoms with Gasteiger partial charge in [0.1, 0.15) is 11.6 Å². The lowest BCUT2D eigenvalue weighted by atomic mass is 9.97. The van der Waals surface area contributed by atoms with Gasteiger partial charge < -0.3 is 20.6 Å². The Kier molecular flexibility index (Phi) is 8.31. The summed E-state index contributed by atoms with van der Waals surface area (Å²) in [6.07, 6.45) is 0.989. The van der Waals surface area contributed by atoms with Gasteiger partial charge in [-0.3, -0.25) is 4.79 Å². The highest BCUT2D eigenvalue weighted by Crippen LogP contribution is 2.25. The molecule has 4 rings (SSSR count). The standard InChI is InChI=1S/C28H28FN5O3/c29-22-6-3-4-19(16-22)10-13-31-26-24(8-9-25(33-26)23-7-2-1-5-21(23)17-30)27(35)32-18-20-11-14-34(15-12-20)28(36)37/h1-9,16,20H,10-15,18H2,(H,31,33)(H,32,35)(H,36,37). The topological polar surface area (TPSA) is 118 Å². The third-order valence-corrected chi connectivity index (χ3v) is 6.49. The number of carboxylic acid groups (broad SMARTS) is 1. The summed E-state index contributed by atoms with van der Waals surface area (Å²) >= 11 is 0. The number of benzene rings is 2. The predicted octanol–water partition coefficient (Wildman–Crippen LogP) is 4.53. The Hall–Kier alpha value is -4.45. The number of hydrogen-bond acceptors (Lipinski definition) is 5. The fourth-order valence-corrected chi connectivity index (χ4v) is 4.41. The molecule has 2 heterocycles. The van der Waals surface area contributed by atoms with Gasteiger partial charge in [-0.2, -0.15) is 5.26 Å². The second-order valence-corrected chi connectivity index (χ2v) is 8.98. The number of piperidine rings is 1. The molecule has 0 radical (unpaired) electrons. The predicted molar refractivity (Wildman–Crippen MR) is 138 cm³/mol.